The number of aromatic nitrogens is 4. The van der Waals surface area contributed by atoms with Crippen LogP contribution >= 0.6 is 0 Å². The number of amides is 1. The van der Waals surface area contributed by atoms with Crippen LogP contribution in [0.2, 0.25) is 0 Å². The van der Waals surface area contributed by atoms with Crippen molar-refractivity contribution in [3.8, 4) is 0 Å². The van der Waals surface area contributed by atoms with Gasteiger partial charge in [-0.05, 0) is 26.8 Å². The second-order valence-electron chi connectivity index (χ2n) is 6.88. The van der Waals surface area contributed by atoms with Crippen molar-refractivity contribution in [2.75, 3.05) is 33.3 Å². The Labute approximate surface area is 152 Å². The molecule has 0 unspecified atom stereocenters. The van der Waals surface area contributed by atoms with Gasteiger partial charge >= 0.3 is 0 Å². The van der Waals surface area contributed by atoms with E-state index in [1.165, 1.54) is 0 Å². The molecular formula is C17H26N6O3. The molecule has 1 N–H and O–H groups in total. The van der Waals surface area contributed by atoms with Crippen LogP contribution in [0.25, 0.3) is 0 Å². The molecule has 1 aliphatic rings. The summed E-state index contributed by atoms with van der Waals surface area (Å²) in [5.41, 5.74) is 0.369. The largest absolute Gasteiger partial charge is 0.395 e. The van der Waals surface area contributed by atoms with Crippen molar-refractivity contribution in [1.29, 1.82) is 0 Å². The molecule has 3 heterocycles. The maximum atomic E-state index is 12.5. The van der Waals surface area contributed by atoms with Gasteiger partial charge in [0.1, 0.15) is 17.4 Å². The zero-order valence-electron chi connectivity index (χ0n) is 15.6. The second kappa shape index (κ2) is 7.96. The molecule has 0 atom stereocenters. The van der Waals surface area contributed by atoms with E-state index in [9.17, 15) is 4.79 Å². The maximum absolute atomic E-state index is 12.5. The summed E-state index contributed by atoms with van der Waals surface area (Å²) >= 11 is 0. The Bertz CT molecular complexity index is 748. The van der Waals surface area contributed by atoms with Crippen molar-refractivity contribution in [2.24, 2.45) is 7.05 Å². The number of likely N-dealkylation sites (N-methyl/N-ethyl adjacent to an activating group) is 1. The molecular weight excluding hydrogens is 336 g/mol. The Kier molecular flexibility index (Phi) is 5.67. The highest BCUT2D eigenvalue weighted by Crippen LogP contribution is 2.27. The second-order valence-corrected chi connectivity index (χ2v) is 6.88. The van der Waals surface area contributed by atoms with Crippen molar-refractivity contribution >= 4 is 5.91 Å². The number of carbonyl (C=O) groups excluding carboxylic acids is 1. The van der Waals surface area contributed by atoms with Crippen molar-refractivity contribution in [2.45, 2.75) is 32.2 Å². The number of piperidine rings is 1. The van der Waals surface area contributed by atoms with Gasteiger partial charge in [-0.2, -0.15) is 0 Å². The van der Waals surface area contributed by atoms with Gasteiger partial charge in [-0.15, -0.1) is 10.2 Å². The van der Waals surface area contributed by atoms with Crippen LogP contribution in [0.4, 0.5) is 0 Å². The van der Waals surface area contributed by atoms with E-state index in [0.717, 1.165) is 24.5 Å². The molecule has 0 bridgehead atoms. The molecule has 1 fully saturated rings. The standard InChI is InChI=1S/C17H26N6O3/c1-12-10-14(20-26-12)17(25)23-6-4-13(5-7-23)16-19-18-15(22(16)3)11-21(2)8-9-24/h10,13,24H,4-9,11H2,1-3H3. The van der Waals surface area contributed by atoms with E-state index in [0.29, 0.717) is 37.6 Å². The fourth-order valence-corrected chi connectivity index (χ4v) is 3.33. The molecule has 1 amide bonds. The van der Waals surface area contributed by atoms with Gasteiger partial charge in [-0.1, -0.05) is 5.16 Å². The first-order chi connectivity index (χ1) is 12.5. The number of aliphatic hydroxyl groups excluding tert-OH is 1. The van der Waals surface area contributed by atoms with Gasteiger partial charge in [0, 0.05) is 38.7 Å². The highest BCUT2D eigenvalue weighted by molar-refractivity contribution is 5.92. The number of hydrogen-bond donors (Lipinski definition) is 1. The van der Waals surface area contributed by atoms with E-state index in [-0.39, 0.29) is 18.4 Å². The van der Waals surface area contributed by atoms with Crippen LogP contribution in [0.15, 0.2) is 10.6 Å². The third-order valence-corrected chi connectivity index (χ3v) is 4.89. The zero-order chi connectivity index (χ0) is 18.7. The molecule has 1 saturated heterocycles. The quantitative estimate of drug-likeness (QED) is 0.801. The summed E-state index contributed by atoms with van der Waals surface area (Å²) in [6.45, 7) is 4.49. The minimum atomic E-state index is -0.0791. The minimum absolute atomic E-state index is 0.0791. The van der Waals surface area contributed by atoms with Crippen LogP contribution in [-0.4, -0.2) is 74.0 Å². The molecule has 0 aliphatic carbocycles. The van der Waals surface area contributed by atoms with Crippen LogP contribution in [0.3, 0.4) is 0 Å². The predicted octanol–water partition coefficient (Wildman–Crippen LogP) is 0.555. The summed E-state index contributed by atoms with van der Waals surface area (Å²) in [6, 6.07) is 1.67. The molecule has 0 aromatic carbocycles. The molecule has 0 spiro atoms. The van der Waals surface area contributed by atoms with Crippen molar-refractivity contribution in [3.63, 3.8) is 0 Å². The summed E-state index contributed by atoms with van der Waals surface area (Å²) in [6.07, 6.45) is 1.70. The van der Waals surface area contributed by atoms with E-state index in [1.807, 2.05) is 28.5 Å². The van der Waals surface area contributed by atoms with Gasteiger partial charge in [-0.3, -0.25) is 9.69 Å². The SMILES string of the molecule is Cc1cc(C(=O)N2CCC(c3nnc(CN(C)CCO)n3C)CC2)no1. The van der Waals surface area contributed by atoms with Crippen LogP contribution in [0, 0.1) is 6.92 Å². The molecule has 26 heavy (non-hydrogen) atoms. The number of aliphatic hydroxyl groups is 1. The summed E-state index contributed by atoms with van der Waals surface area (Å²) in [5, 5.41) is 21.5. The van der Waals surface area contributed by atoms with Crippen LogP contribution in [0.5, 0.6) is 0 Å². The first kappa shape index (κ1) is 18.5. The topological polar surface area (TPSA) is 101 Å². The summed E-state index contributed by atoms with van der Waals surface area (Å²) in [7, 11) is 3.92. The number of rotatable bonds is 6. The highest BCUT2D eigenvalue weighted by Gasteiger charge is 2.29. The lowest BCUT2D eigenvalue weighted by atomic mass is 9.95. The number of nitrogens with zero attached hydrogens (tertiary/aromatic N) is 6. The van der Waals surface area contributed by atoms with Gasteiger partial charge in [0.05, 0.1) is 13.2 Å². The lowest BCUT2D eigenvalue weighted by Gasteiger charge is -2.31. The molecule has 0 saturated carbocycles. The van der Waals surface area contributed by atoms with Gasteiger partial charge in [0.15, 0.2) is 5.69 Å². The maximum Gasteiger partial charge on any atom is 0.276 e. The van der Waals surface area contributed by atoms with Crippen molar-refractivity contribution < 1.29 is 14.4 Å². The molecule has 2 aromatic heterocycles. The third-order valence-electron chi connectivity index (χ3n) is 4.89. The normalized spacial score (nSPS) is 15.8. The molecule has 0 radical (unpaired) electrons. The number of hydrogen-bond acceptors (Lipinski definition) is 7. The Morgan fingerprint density at radius 1 is 1.38 bits per heavy atom. The average molecular weight is 362 g/mol. The molecule has 3 rings (SSSR count). The average Bonchev–Trinajstić information content (AvgIpc) is 3.21. The number of likely N-dealkylation sites (tertiary alicyclic amines) is 1. The Morgan fingerprint density at radius 3 is 2.73 bits per heavy atom. The lowest BCUT2D eigenvalue weighted by Crippen LogP contribution is -2.38. The first-order valence-electron chi connectivity index (χ1n) is 8.89. The van der Waals surface area contributed by atoms with Gasteiger partial charge < -0.3 is 19.1 Å². The monoisotopic (exact) mass is 362 g/mol. The predicted molar refractivity (Wildman–Crippen MR) is 93.5 cm³/mol. The van der Waals surface area contributed by atoms with Crippen LogP contribution in [-0.2, 0) is 13.6 Å². The van der Waals surface area contributed by atoms with E-state index in [2.05, 4.69) is 15.4 Å². The highest BCUT2D eigenvalue weighted by atomic mass is 16.5. The Balaban J connectivity index is 1.60. The molecule has 2 aromatic rings. The minimum Gasteiger partial charge on any atom is -0.395 e. The van der Waals surface area contributed by atoms with E-state index in [1.54, 1.807) is 13.0 Å². The van der Waals surface area contributed by atoms with E-state index < -0.39 is 0 Å². The first-order valence-corrected chi connectivity index (χ1v) is 8.89. The van der Waals surface area contributed by atoms with Crippen LogP contribution < -0.4 is 0 Å². The van der Waals surface area contributed by atoms with E-state index >= 15 is 0 Å². The van der Waals surface area contributed by atoms with Crippen LogP contribution in [0.1, 0.15) is 46.7 Å². The van der Waals surface area contributed by atoms with E-state index in [4.69, 9.17) is 9.63 Å². The smallest absolute Gasteiger partial charge is 0.276 e. The summed E-state index contributed by atoms with van der Waals surface area (Å²) in [4.78, 5) is 16.3. The molecule has 142 valence electrons. The third kappa shape index (κ3) is 3.94. The Hall–Kier alpha value is -2.26. The lowest BCUT2D eigenvalue weighted by molar-refractivity contribution is 0.0700. The fraction of sp³-hybridized carbons (Fsp3) is 0.647. The number of aryl methyl sites for hydroxylation is 1. The fourth-order valence-electron chi connectivity index (χ4n) is 3.33. The number of carbonyl (C=O) groups is 1. The zero-order valence-corrected chi connectivity index (χ0v) is 15.6. The summed E-state index contributed by atoms with van der Waals surface area (Å²) < 4.78 is 7.03. The Morgan fingerprint density at radius 2 is 2.12 bits per heavy atom. The van der Waals surface area contributed by atoms with Gasteiger partial charge in [-0.25, -0.2) is 0 Å². The molecule has 9 heteroatoms. The van der Waals surface area contributed by atoms with Crippen molar-refractivity contribution in [3.05, 3.63) is 29.2 Å². The summed E-state index contributed by atoms with van der Waals surface area (Å²) in [5.74, 6) is 2.69. The van der Waals surface area contributed by atoms with Crippen molar-refractivity contribution in [1.82, 2.24) is 29.7 Å². The molecule has 1 aliphatic heterocycles. The van der Waals surface area contributed by atoms with Gasteiger partial charge in [0.2, 0.25) is 0 Å². The molecule has 9 nitrogen and oxygen atoms in total. The van der Waals surface area contributed by atoms with Gasteiger partial charge in [0.25, 0.3) is 5.91 Å².